The van der Waals surface area contributed by atoms with Crippen LogP contribution in [0.15, 0.2) is 35.0 Å². The molecule has 4 aromatic rings. The fourth-order valence-electron chi connectivity index (χ4n) is 3.28. The Kier molecular flexibility index (Phi) is 3.18. The number of halogens is 2. The van der Waals surface area contributed by atoms with E-state index in [0.717, 1.165) is 17.3 Å². The zero-order valence-electron chi connectivity index (χ0n) is 14.0. The van der Waals surface area contributed by atoms with Crippen LogP contribution in [0.2, 0.25) is 0 Å². The molecule has 6 nitrogen and oxygen atoms in total. The molecule has 5 rings (SSSR count). The number of nitrogens with zero attached hydrogens (tertiary/aromatic N) is 2. The number of fused-ring (bicyclic) bond motifs is 5. The summed E-state index contributed by atoms with van der Waals surface area (Å²) >= 11 is 0. The van der Waals surface area contributed by atoms with Gasteiger partial charge in [-0.1, -0.05) is 0 Å². The zero-order valence-corrected chi connectivity index (χ0v) is 14.0. The summed E-state index contributed by atoms with van der Waals surface area (Å²) in [7, 11) is 1.49. The fourth-order valence-corrected chi connectivity index (χ4v) is 3.28. The quantitative estimate of drug-likeness (QED) is 0.489. The van der Waals surface area contributed by atoms with E-state index in [0.29, 0.717) is 29.2 Å². The second-order valence-corrected chi connectivity index (χ2v) is 6.15. The van der Waals surface area contributed by atoms with Crippen LogP contribution in [0, 0.1) is 11.8 Å². The van der Waals surface area contributed by atoms with Gasteiger partial charge in [-0.3, -0.25) is 4.79 Å². The largest absolute Gasteiger partial charge is 0.481 e. The van der Waals surface area contributed by atoms with Gasteiger partial charge in [0.2, 0.25) is 11.8 Å². The lowest BCUT2D eigenvalue weighted by Gasteiger charge is -2.08. The first-order chi connectivity index (χ1) is 13.1. The Balaban J connectivity index is 1.60. The van der Waals surface area contributed by atoms with E-state index >= 15 is 0 Å². The number of carbonyl (C=O) groups is 1. The van der Waals surface area contributed by atoms with Crippen molar-refractivity contribution in [3.8, 4) is 17.0 Å². The van der Waals surface area contributed by atoms with Crippen molar-refractivity contribution in [3.63, 3.8) is 0 Å². The minimum atomic E-state index is -1.22. The lowest BCUT2D eigenvalue weighted by molar-refractivity contribution is 0.102. The van der Waals surface area contributed by atoms with Crippen molar-refractivity contribution in [1.82, 2.24) is 9.97 Å². The highest BCUT2D eigenvalue weighted by Crippen LogP contribution is 2.51. The molecule has 0 aliphatic heterocycles. The molecule has 0 saturated heterocycles. The van der Waals surface area contributed by atoms with Gasteiger partial charge in [0.25, 0.3) is 5.91 Å². The number of ether oxygens (including phenoxy) is 1. The molecule has 134 valence electrons. The minimum absolute atomic E-state index is 0.0519. The standard InChI is InChI=1S/C19H11F2N3O3/c1-26-12-3-2-8(7-23-12)24-19(25)14-13(9-4-5-22-18(21)15(9)20)16-10-6-11(10)17(14)27-16/h2-5,7H,6H2,1H3,(H,24,25). The van der Waals surface area contributed by atoms with Crippen molar-refractivity contribution >= 4 is 22.8 Å². The molecule has 0 fully saturated rings. The van der Waals surface area contributed by atoms with Gasteiger partial charge in [-0.2, -0.15) is 4.39 Å². The molecule has 0 atom stereocenters. The van der Waals surface area contributed by atoms with Crippen LogP contribution in [0.5, 0.6) is 5.88 Å². The number of pyridine rings is 2. The van der Waals surface area contributed by atoms with Crippen LogP contribution in [0.3, 0.4) is 0 Å². The molecule has 0 spiro atoms. The van der Waals surface area contributed by atoms with E-state index in [9.17, 15) is 13.6 Å². The van der Waals surface area contributed by atoms with Crippen molar-refractivity contribution in [1.29, 1.82) is 0 Å². The summed E-state index contributed by atoms with van der Waals surface area (Å²) in [5.41, 5.74) is 3.51. The summed E-state index contributed by atoms with van der Waals surface area (Å²) in [5.74, 6) is -2.42. The van der Waals surface area contributed by atoms with E-state index in [1.165, 1.54) is 19.4 Å². The predicted octanol–water partition coefficient (Wildman–Crippen LogP) is 3.77. The maximum absolute atomic E-state index is 14.3. The first kappa shape index (κ1) is 15.7. The van der Waals surface area contributed by atoms with E-state index in [1.807, 2.05) is 0 Å². The van der Waals surface area contributed by atoms with Gasteiger partial charge in [0.1, 0.15) is 11.2 Å². The first-order valence-electron chi connectivity index (χ1n) is 8.09. The molecule has 1 amide bonds. The van der Waals surface area contributed by atoms with Crippen molar-refractivity contribution in [2.75, 3.05) is 12.4 Å². The van der Waals surface area contributed by atoms with Crippen molar-refractivity contribution in [2.45, 2.75) is 6.42 Å². The molecular formula is C19H11F2N3O3. The van der Waals surface area contributed by atoms with Crippen LogP contribution in [0.25, 0.3) is 22.3 Å². The Morgan fingerprint density at radius 1 is 1.19 bits per heavy atom. The number of rotatable bonds is 4. The van der Waals surface area contributed by atoms with E-state index in [4.69, 9.17) is 9.15 Å². The highest BCUT2D eigenvalue weighted by atomic mass is 19.2. The number of aromatic nitrogens is 2. The number of amides is 1. The highest BCUT2D eigenvalue weighted by Gasteiger charge is 2.39. The van der Waals surface area contributed by atoms with Gasteiger partial charge in [0.15, 0.2) is 5.82 Å². The predicted molar refractivity (Wildman–Crippen MR) is 92.1 cm³/mol. The van der Waals surface area contributed by atoms with E-state index in [1.54, 1.807) is 12.1 Å². The monoisotopic (exact) mass is 367 g/mol. The topological polar surface area (TPSA) is 77.2 Å². The van der Waals surface area contributed by atoms with E-state index in [-0.39, 0.29) is 16.7 Å². The molecule has 4 aromatic heterocycles. The molecule has 0 radical (unpaired) electrons. The van der Waals surface area contributed by atoms with E-state index < -0.39 is 17.7 Å². The number of hydrogen-bond donors (Lipinski definition) is 1. The number of carbonyl (C=O) groups excluding carboxylic acids is 1. The Hall–Kier alpha value is -3.55. The minimum Gasteiger partial charge on any atom is -0.481 e. The van der Waals surface area contributed by atoms with Crippen LogP contribution in [0.1, 0.15) is 21.5 Å². The SMILES string of the molecule is COc1ccc(NC(=O)c2c(-c3ccnc(F)c3F)c3oc2c2c3C2)cn1. The number of anilines is 1. The lowest BCUT2D eigenvalue weighted by atomic mass is 9.99. The molecule has 0 unspecified atom stereocenters. The normalized spacial score (nSPS) is 12.3. The summed E-state index contributed by atoms with van der Waals surface area (Å²) < 4.78 is 38.6. The first-order valence-corrected chi connectivity index (χ1v) is 8.09. The maximum atomic E-state index is 14.3. The second-order valence-electron chi connectivity index (χ2n) is 6.15. The Morgan fingerprint density at radius 3 is 2.74 bits per heavy atom. The van der Waals surface area contributed by atoms with Crippen LogP contribution in [-0.4, -0.2) is 23.0 Å². The van der Waals surface area contributed by atoms with Gasteiger partial charge in [0.05, 0.1) is 24.6 Å². The van der Waals surface area contributed by atoms with Crippen LogP contribution < -0.4 is 10.1 Å². The summed E-state index contributed by atoms with van der Waals surface area (Å²) in [6, 6.07) is 4.56. The molecule has 2 bridgehead atoms. The third kappa shape index (κ3) is 2.26. The third-order valence-electron chi connectivity index (χ3n) is 4.60. The van der Waals surface area contributed by atoms with Crippen molar-refractivity contribution < 1.29 is 22.7 Å². The maximum Gasteiger partial charge on any atom is 0.260 e. The van der Waals surface area contributed by atoms with Crippen LogP contribution in [0.4, 0.5) is 14.5 Å². The van der Waals surface area contributed by atoms with Gasteiger partial charge >= 0.3 is 0 Å². The average molecular weight is 367 g/mol. The Bertz CT molecular complexity index is 1200. The fraction of sp³-hybridized carbons (Fsp3) is 0.105. The Labute approximate surface area is 151 Å². The summed E-state index contributed by atoms with van der Waals surface area (Å²) in [5, 5.41) is 2.71. The third-order valence-corrected chi connectivity index (χ3v) is 4.60. The van der Waals surface area contributed by atoms with Gasteiger partial charge in [-0.15, -0.1) is 0 Å². The molecule has 1 aliphatic rings. The summed E-state index contributed by atoms with van der Waals surface area (Å²) in [6.45, 7) is 0. The number of methoxy groups -OCH3 is 1. The Morgan fingerprint density at radius 2 is 2.00 bits per heavy atom. The number of furan rings is 2. The molecule has 0 aromatic carbocycles. The van der Waals surface area contributed by atoms with Crippen LogP contribution >= 0.6 is 0 Å². The number of hydrogen-bond acceptors (Lipinski definition) is 5. The smallest absolute Gasteiger partial charge is 0.260 e. The zero-order chi connectivity index (χ0) is 18.7. The molecule has 1 aliphatic carbocycles. The highest BCUT2D eigenvalue weighted by molar-refractivity contribution is 6.19. The molecule has 27 heavy (non-hydrogen) atoms. The van der Waals surface area contributed by atoms with E-state index in [2.05, 4.69) is 15.3 Å². The van der Waals surface area contributed by atoms with Gasteiger partial charge in [0, 0.05) is 40.9 Å². The number of benzene rings is 1. The lowest BCUT2D eigenvalue weighted by Crippen LogP contribution is -2.13. The van der Waals surface area contributed by atoms with Crippen molar-refractivity contribution in [2.24, 2.45) is 0 Å². The molecule has 8 heteroatoms. The average Bonchev–Trinajstić information content (AvgIpc) is 3.29. The number of nitrogens with one attached hydrogen (secondary N) is 1. The van der Waals surface area contributed by atoms with Gasteiger partial charge in [-0.25, -0.2) is 14.4 Å². The molecule has 4 heterocycles. The van der Waals surface area contributed by atoms with Crippen molar-refractivity contribution in [3.05, 3.63) is 59.0 Å². The molecule has 0 saturated carbocycles. The van der Waals surface area contributed by atoms with Crippen LogP contribution in [-0.2, 0) is 6.42 Å². The second kappa shape index (κ2) is 5.47. The molecular weight excluding hydrogens is 356 g/mol. The summed E-state index contributed by atoms with van der Waals surface area (Å²) in [4.78, 5) is 20.2. The van der Waals surface area contributed by atoms with Gasteiger partial charge < -0.3 is 14.5 Å². The van der Waals surface area contributed by atoms with Gasteiger partial charge in [-0.05, 0) is 12.1 Å². The summed E-state index contributed by atoms with van der Waals surface area (Å²) in [6.07, 6.45) is 3.28. The molecule has 1 N–H and O–H groups in total.